The summed E-state index contributed by atoms with van der Waals surface area (Å²) in [5.74, 6) is 0.0116. The predicted molar refractivity (Wildman–Crippen MR) is 87.8 cm³/mol. The summed E-state index contributed by atoms with van der Waals surface area (Å²) in [5.41, 5.74) is 3.26. The molecule has 1 N–H and O–H groups in total. The van der Waals surface area contributed by atoms with Crippen LogP contribution in [0.25, 0.3) is 10.2 Å². The molecule has 0 bridgehead atoms. The summed E-state index contributed by atoms with van der Waals surface area (Å²) < 4.78 is 43.2. The van der Waals surface area contributed by atoms with E-state index in [4.69, 9.17) is 0 Å². The molecule has 0 aliphatic heterocycles. The molecule has 2 aromatic rings. The lowest BCUT2D eigenvalue weighted by Gasteiger charge is -2.08. The maximum Gasteiger partial charge on any atom is 0.573 e. The molecule has 0 saturated heterocycles. The number of halogens is 3. The topological polar surface area (TPSA) is 55.6 Å². The molecule has 0 atom stereocenters. The molecule has 0 radical (unpaired) electrons. The Kier molecular flexibility index (Phi) is 5.03. The first-order valence-electron chi connectivity index (χ1n) is 8.00. The molecular weight excluding hydrogens is 355 g/mol. The van der Waals surface area contributed by atoms with Crippen LogP contribution in [-0.4, -0.2) is 16.8 Å². The van der Waals surface area contributed by atoms with E-state index in [-0.39, 0.29) is 11.7 Å². The number of nitrogens with one attached hydrogen (secondary N) is 1. The highest BCUT2D eigenvalue weighted by molar-refractivity contribution is 7.16. The number of carbonyl (C=O) groups is 1. The van der Waals surface area contributed by atoms with Gasteiger partial charge in [0.15, 0.2) is 0 Å². The van der Waals surface area contributed by atoms with Gasteiger partial charge in [-0.2, -0.15) is 0 Å². The van der Waals surface area contributed by atoms with Crippen LogP contribution in [0.15, 0.2) is 23.3 Å². The van der Waals surface area contributed by atoms with E-state index in [9.17, 15) is 18.0 Å². The van der Waals surface area contributed by atoms with Crippen molar-refractivity contribution in [1.29, 1.82) is 0 Å². The second kappa shape index (κ2) is 7.07. The molecule has 0 unspecified atom stereocenters. The summed E-state index contributed by atoms with van der Waals surface area (Å²) in [6, 6.07) is 4.10. The summed E-state index contributed by atoms with van der Waals surface area (Å²) in [7, 11) is 1.74. The number of amides is 1. The zero-order valence-electron chi connectivity index (χ0n) is 13.6. The number of nitrogens with zero attached hydrogens (tertiary/aromatic N) is 2. The maximum absolute atomic E-state index is 12.3. The molecular formula is C16H18F3N3O2S. The number of thiazole rings is 1. The Morgan fingerprint density at radius 2 is 2.12 bits per heavy atom. The summed E-state index contributed by atoms with van der Waals surface area (Å²) in [6.45, 7) is 0. The van der Waals surface area contributed by atoms with Gasteiger partial charge in [0.25, 0.3) is 0 Å². The third-order valence-corrected chi connectivity index (χ3v) is 5.33. The molecule has 1 amide bonds. The van der Waals surface area contributed by atoms with Crippen LogP contribution in [0.1, 0.15) is 32.1 Å². The van der Waals surface area contributed by atoms with Crippen molar-refractivity contribution < 1.29 is 22.7 Å². The second-order valence-electron chi connectivity index (χ2n) is 6.12. The minimum absolute atomic E-state index is 0.134. The predicted octanol–water partition coefficient (Wildman–Crippen LogP) is 3.65. The first-order valence-corrected chi connectivity index (χ1v) is 8.81. The van der Waals surface area contributed by atoms with Crippen molar-refractivity contribution in [3.05, 3.63) is 23.0 Å². The Bertz CT molecular complexity index is 835. The van der Waals surface area contributed by atoms with Gasteiger partial charge in [-0.05, 0) is 37.0 Å². The SMILES string of the molecule is Cn1/c(=N\NC(=O)CC2CCCC2)sc2cc(OC(F)(F)F)ccc21. The van der Waals surface area contributed by atoms with Gasteiger partial charge in [-0.1, -0.05) is 24.2 Å². The quantitative estimate of drug-likeness (QED) is 0.832. The van der Waals surface area contributed by atoms with Crippen molar-refractivity contribution in [3.63, 3.8) is 0 Å². The molecule has 1 aromatic carbocycles. The zero-order valence-corrected chi connectivity index (χ0v) is 14.4. The van der Waals surface area contributed by atoms with Crippen molar-refractivity contribution in [2.24, 2.45) is 18.1 Å². The average molecular weight is 373 g/mol. The molecule has 1 saturated carbocycles. The number of benzene rings is 1. The van der Waals surface area contributed by atoms with Crippen molar-refractivity contribution in [3.8, 4) is 5.75 Å². The van der Waals surface area contributed by atoms with Gasteiger partial charge in [0.2, 0.25) is 10.7 Å². The lowest BCUT2D eigenvalue weighted by atomic mass is 10.0. The molecule has 1 fully saturated rings. The number of fused-ring (bicyclic) bond motifs is 1. The maximum atomic E-state index is 12.3. The van der Waals surface area contributed by atoms with Crippen LogP contribution in [0.2, 0.25) is 0 Å². The Hall–Kier alpha value is -2.03. The van der Waals surface area contributed by atoms with Crippen LogP contribution in [0, 0.1) is 5.92 Å². The third kappa shape index (κ3) is 4.53. The van der Waals surface area contributed by atoms with Crippen LogP contribution in [0.5, 0.6) is 5.75 Å². The molecule has 25 heavy (non-hydrogen) atoms. The minimum atomic E-state index is -4.73. The normalized spacial score (nSPS) is 16.6. The van der Waals surface area contributed by atoms with Crippen LogP contribution in [-0.2, 0) is 11.8 Å². The van der Waals surface area contributed by atoms with Crippen molar-refractivity contribution in [2.75, 3.05) is 0 Å². The van der Waals surface area contributed by atoms with Crippen molar-refractivity contribution >= 4 is 27.5 Å². The van der Waals surface area contributed by atoms with Crippen LogP contribution >= 0.6 is 11.3 Å². The number of hydrogen-bond acceptors (Lipinski definition) is 4. The molecule has 136 valence electrons. The fourth-order valence-electron chi connectivity index (χ4n) is 3.05. The van der Waals surface area contributed by atoms with Gasteiger partial charge >= 0.3 is 6.36 Å². The van der Waals surface area contributed by atoms with Gasteiger partial charge in [0, 0.05) is 13.5 Å². The van der Waals surface area contributed by atoms with E-state index < -0.39 is 6.36 Å². The van der Waals surface area contributed by atoms with E-state index >= 15 is 0 Å². The fourth-order valence-corrected chi connectivity index (χ4v) is 4.06. The molecule has 1 aliphatic rings. The number of hydrogen-bond donors (Lipinski definition) is 1. The number of carbonyl (C=O) groups excluding carboxylic acids is 1. The van der Waals surface area contributed by atoms with Crippen molar-refractivity contribution in [2.45, 2.75) is 38.5 Å². The molecule has 0 spiro atoms. The molecule has 3 rings (SSSR count). The zero-order chi connectivity index (χ0) is 18.0. The van der Waals surface area contributed by atoms with Crippen molar-refractivity contribution in [1.82, 2.24) is 9.99 Å². The van der Waals surface area contributed by atoms with Gasteiger partial charge in [0.1, 0.15) is 5.75 Å². The second-order valence-corrected chi connectivity index (χ2v) is 7.13. The molecule has 1 heterocycles. The average Bonchev–Trinajstić information content (AvgIpc) is 3.12. The van der Waals surface area contributed by atoms with Crippen LogP contribution in [0.3, 0.4) is 0 Å². The highest BCUT2D eigenvalue weighted by Gasteiger charge is 2.31. The summed E-state index contributed by atoms with van der Waals surface area (Å²) in [4.78, 5) is 12.5. The van der Waals surface area contributed by atoms with Gasteiger partial charge in [0.05, 0.1) is 10.2 Å². The first-order chi connectivity index (χ1) is 11.8. The highest BCUT2D eigenvalue weighted by Crippen LogP contribution is 2.28. The monoisotopic (exact) mass is 373 g/mol. The molecule has 5 nitrogen and oxygen atoms in total. The first kappa shape index (κ1) is 17.8. The minimum Gasteiger partial charge on any atom is -0.406 e. The van der Waals surface area contributed by atoms with E-state index in [2.05, 4.69) is 15.3 Å². The Morgan fingerprint density at radius 3 is 2.80 bits per heavy atom. The standard InChI is InChI=1S/C16H18F3N3O2S/c1-22-12-7-6-11(24-16(17,18)19)9-13(12)25-15(22)21-20-14(23)8-10-4-2-3-5-10/h6-7,9-10H,2-5,8H2,1H3,(H,20,23)/b21-15+. The van der Waals surface area contributed by atoms with Gasteiger partial charge in [-0.3, -0.25) is 4.79 Å². The van der Waals surface area contributed by atoms with E-state index in [1.54, 1.807) is 11.6 Å². The molecule has 1 aromatic heterocycles. The number of aromatic nitrogens is 1. The number of alkyl halides is 3. The van der Waals surface area contributed by atoms with E-state index in [0.717, 1.165) is 12.8 Å². The van der Waals surface area contributed by atoms with Crippen LogP contribution < -0.4 is 15.0 Å². The van der Waals surface area contributed by atoms with E-state index in [1.165, 1.54) is 42.4 Å². The largest absolute Gasteiger partial charge is 0.573 e. The van der Waals surface area contributed by atoms with E-state index in [0.29, 0.717) is 27.4 Å². The number of rotatable bonds is 4. The Morgan fingerprint density at radius 1 is 1.40 bits per heavy atom. The Balaban J connectivity index is 1.76. The molecule has 1 aliphatic carbocycles. The van der Waals surface area contributed by atoms with Gasteiger partial charge in [-0.15, -0.1) is 18.3 Å². The highest BCUT2D eigenvalue weighted by atomic mass is 32.1. The lowest BCUT2D eigenvalue weighted by Crippen LogP contribution is -2.24. The summed E-state index contributed by atoms with van der Waals surface area (Å²) in [6.07, 6.45) is 0.222. The fraction of sp³-hybridized carbons (Fsp3) is 0.500. The number of aryl methyl sites for hydroxylation is 1. The molecule has 9 heteroatoms. The summed E-state index contributed by atoms with van der Waals surface area (Å²) >= 11 is 1.18. The summed E-state index contributed by atoms with van der Waals surface area (Å²) in [5, 5.41) is 4.11. The number of ether oxygens (including phenoxy) is 1. The Labute approximate surface area is 146 Å². The third-order valence-electron chi connectivity index (χ3n) is 4.24. The van der Waals surface area contributed by atoms with E-state index in [1.807, 2.05) is 0 Å². The van der Waals surface area contributed by atoms with Crippen LogP contribution in [0.4, 0.5) is 13.2 Å². The lowest BCUT2D eigenvalue weighted by molar-refractivity contribution is -0.274. The van der Waals surface area contributed by atoms with Gasteiger partial charge in [-0.25, -0.2) is 5.43 Å². The smallest absolute Gasteiger partial charge is 0.406 e. The van der Waals surface area contributed by atoms with Gasteiger partial charge < -0.3 is 9.30 Å².